The summed E-state index contributed by atoms with van der Waals surface area (Å²) in [5.74, 6) is 1.14. The number of carbonyl (C=O) groups is 1. The molecule has 0 spiro atoms. The summed E-state index contributed by atoms with van der Waals surface area (Å²) in [6.45, 7) is 6.00. The number of aromatic nitrogens is 1. The molecule has 3 N–H and O–H groups in total. The molecule has 1 aromatic rings. The molecule has 0 aliphatic carbocycles. The van der Waals surface area contributed by atoms with Gasteiger partial charge >= 0.3 is 0 Å². The Hall–Kier alpha value is -1.36. The number of nitrogens with two attached hydrogens (primary N) is 1. The number of amides is 1. The fourth-order valence-electron chi connectivity index (χ4n) is 1.35. The predicted molar refractivity (Wildman–Crippen MR) is 60.7 cm³/mol. The fraction of sp³-hybridized carbons (Fsp3) is 0.636. The zero-order chi connectivity index (χ0) is 12.1. The second-order valence-electron chi connectivity index (χ2n) is 3.86. The van der Waals surface area contributed by atoms with E-state index in [9.17, 15) is 4.79 Å². The van der Waals surface area contributed by atoms with Crippen molar-refractivity contribution in [1.82, 2.24) is 10.3 Å². The van der Waals surface area contributed by atoms with Crippen molar-refractivity contribution in [3.8, 4) is 0 Å². The van der Waals surface area contributed by atoms with E-state index in [0.717, 1.165) is 17.9 Å². The zero-order valence-electron chi connectivity index (χ0n) is 10.0. The quantitative estimate of drug-likeness (QED) is 0.784. The van der Waals surface area contributed by atoms with E-state index in [4.69, 9.17) is 10.2 Å². The van der Waals surface area contributed by atoms with Crippen molar-refractivity contribution in [2.24, 2.45) is 5.73 Å². The Bertz CT molecular complexity index is 341. The molecule has 5 heteroatoms. The lowest BCUT2D eigenvalue weighted by atomic mass is 10.2. The van der Waals surface area contributed by atoms with Gasteiger partial charge in [-0.2, -0.15) is 0 Å². The summed E-state index contributed by atoms with van der Waals surface area (Å²) in [4.78, 5) is 15.7. The van der Waals surface area contributed by atoms with Gasteiger partial charge in [0.15, 0.2) is 0 Å². The van der Waals surface area contributed by atoms with E-state index in [-0.39, 0.29) is 5.91 Å². The molecule has 0 radical (unpaired) electrons. The van der Waals surface area contributed by atoms with Crippen molar-refractivity contribution >= 4 is 5.91 Å². The van der Waals surface area contributed by atoms with Crippen LogP contribution in [0.4, 0.5) is 0 Å². The third-order valence-corrected chi connectivity index (χ3v) is 2.42. The maximum absolute atomic E-state index is 11.5. The van der Waals surface area contributed by atoms with Crippen molar-refractivity contribution in [2.75, 3.05) is 0 Å². The molecular formula is C11H19N3O2. The molecule has 1 rings (SSSR count). The molecule has 5 nitrogen and oxygen atoms in total. The molecule has 90 valence electrons. The molecule has 1 atom stereocenters. The first-order valence-corrected chi connectivity index (χ1v) is 5.50. The smallest absolute Gasteiger partial charge is 0.237 e. The Morgan fingerprint density at radius 1 is 1.56 bits per heavy atom. The maximum Gasteiger partial charge on any atom is 0.237 e. The Balaban J connectivity index is 2.42. The molecule has 0 unspecified atom stereocenters. The SMILES string of the molecule is CCC[C@H](N)C(=O)NCc1nc(C)c(C)o1. The molecule has 0 aliphatic heterocycles. The van der Waals surface area contributed by atoms with Gasteiger partial charge in [-0.25, -0.2) is 4.98 Å². The average molecular weight is 225 g/mol. The molecule has 0 fully saturated rings. The van der Waals surface area contributed by atoms with E-state index in [1.165, 1.54) is 0 Å². The van der Waals surface area contributed by atoms with Gasteiger partial charge in [0.05, 0.1) is 18.3 Å². The van der Waals surface area contributed by atoms with Crippen LogP contribution in [0.25, 0.3) is 0 Å². The van der Waals surface area contributed by atoms with E-state index in [0.29, 0.717) is 18.9 Å². The standard InChI is InChI=1S/C11H19N3O2/c1-4-5-9(12)11(15)13-6-10-14-7(2)8(3)16-10/h9H,4-6,12H2,1-3H3,(H,13,15)/t9-/m0/s1. The summed E-state index contributed by atoms with van der Waals surface area (Å²) in [6, 6.07) is -0.442. The van der Waals surface area contributed by atoms with Crippen LogP contribution in [0.1, 0.15) is 37.1 Å². The van der Waals surface area contributed by atoms with Gasteiger partial charge in [0.2, 0.25) is 11.8 Å². The van der Waals surface area contributed by atoms with Crippen LogP contribution in [0.2, 0.25) is 0 Å². The summed E-state index contributed by atoms with van der Waals surface area (Å²) in [5.41, 5.74) is 6.51. The monoisotopic (exact) mass is 225 g/mol. The Morgan fingerprint density at radius 2 is 2.25 bits per heavy atom. The van der Waals surface area contributed by atoms with E-state index < -0.39 is 6.04 Å². The van der Waals surface area contributed by atoms with E-state index in [1.807, 2.05) is 20.8 Å². The molecule has 1 aromatic heterocycles. The van der Waals surface area contributed by atoms with Gasteiger partial charge in [-0.05, 0) is 20.3 Å². The molecule has 1 heterocycles. The third kappa shape index (κ3) is 3.34. The molecule has 16 heavy (non-hydrogen) atoms. The van der Waals surface area contributed by atoms with Crippen molar-refractivity contribution in [1.29, 1.82) is 0 Å². The highest BCUT2D eigenvalue weighted by Gasteiger charge is 2.13. The minimum absolute atomic E-state index is 0.157. The first kappa shape index (κ1) is 12.7. The highest BCUT2D eigenvalue weighted by Crippen LogP contribution is 2.07. The number of oxazole rings is 1. The van der Waals surface area contributed by atoms with Gasteiger partial charge < -0.3 is 15.5 Å². The molecular weight excluding hydrogens is 206 g/mol. The Morgan fingerprint density at radius 3 is 2.75 bits per heavy atom. The summed E-state index contributed by atoms with van der Waals surface area (Å²) < 4.78 is 5.34. The molecule has 0 aliphatic rings. The second kappa shape index (κ2) is 5.65. The lowest BCUT2D eigenvalue weighted by Gasteiger charge is -2.09. The van der Waals surface area contributed by atoms with Crippen LogP contribution in [0.3, 0.4) is 0 Å². The van der Waals surface area contributed by atoms with Crippen LogP contribution < -0.4 is 11.1 Å². The lowest BCUT2D eigenvalue weighted by molar-refractivity contribution is -0.122. The van der Waals surface area contributed by atoms with Gasteiger partial charge in [0.1, 0.15) is 5.76 Å². The van der Waals surface area contributed by atoms with Crippen LogP contribution in [-0.2, 0) is 11.3 Å². The third-order valence-electron chi connectivity index (χ3n) is 2.42. The second-order valence-corrected chi connectivity index (χ2v) is 3.86. The number of nitrogens with zero attached hydrogens (tertiary/aromatic N) is 1. The van der Waals surface area contributed by atoms with Crippen LogP contribution in [0.5, 0.6) is 0 Å². The predicted octanol–water partition coefficient (Wildman–Crippen LogP) is 1.04. The van der Waals surface area contributed by atoms with Gasteiger partial charge in [-0.15, -0.1) is 0 Å². The summed E-state index contributed by atoms with van der Waals surface area (Å²) in [7, 11) is 0. The van der Waals surface area contributed by atoms with Crippen molar-refractivity contribution in [2.45, 2.75) is 46.2 Å². The fourth-order valence-corrected chi connectivity index (χ4v) is 1.35. The van der Waals surface area contributed by atoms with Crippen molar-refractivity contribution in [3.05, 3.63) is 17.3 Å². The number of hydrogen-bond acceptors (Lipinski definition) is 4. The number of hydrogen-bond donors (Lipinski definition) is 2. The highest BCUT2D eigenvalue weighted by molar-refractivity contribution is 5.81. The van der Waals surface area contributed by atoms with E-state index in [1.54, 1.807) is 0 Å². The minimum atomic E-state index is -0.442. The van der Waals surface area contributed by atoms with E-state index in [2.05, 4.69) is 10.3 Å². The molecule has 0 bridgehead atoms. The first-order valence-electron chi connectivity index (χ1n) is 5.50. The Labute approximate surface area is 95.4 Å². The number of rotatable bonds is 5. The minimum Gasteiger partial charge on any atom is -0.444 e. The normalized spacial score (nSPS) is 12.5. The van der Waals surface area contributed by atoms with Gasteiger partial charge in [0.25, 0.3) is 0 Å². The van der Waals surface area contributed by atoms with Crippen LogP contribution in [0.15, 0.2) is 4.42 Å². The van der Waals surface area contributed by atoms with Crippen LogP contribution in [-0.4, -0.2) is 16.9 Å². The van der Waals surface area contributed by atoms with Crippen molar-refractivity contribution < 1.29 is 9.21 Å². The summed E-state index contributed by atoms with van der Waals surface area (Å²) in [6.07, 6.45) is 1.58. The summed E-state index contributed by atoms with van der Waals surface area (Å²) >= 11 is 0. The van der Waals surface area contributed by atoms with Crippen LogP contribution >= 0.6 is 0 Å². The molecule has 0 saturated carbocycles. The van der Waals surface area contributed by atoms with Crippen molar-refractivity contribution in [3.63, 3.8) is 0 Å². The maximum atomic E-state index is 11.5. The van der Waals surface area contributed by atoms with E-state index >= 15 is 0 Å². The largest absolute Gasteiger partial charge is 0.444 e. The topological polar surface area (TPSA) is 81.2 Å². The number of nitrogens with one attached hydrogen (secondary N) is 1. The van der Waals surface area contributed by atoms with Gasteiger partial charge in [0, 0.05) is 0 Å². The molecule has 0 aromatic carbocycles. The van der Waals surface area contributed by atoms with Gasteiger partial charge in [-0.1, -0.05) is 13.3 Å². The van der Waals surface area contributed by atoms with Gasteiger partial charge in [-0.3, -0.25) is 4.79 Å². The average Bonchev–Trinajstić information content (AvgIpc) is 2.55. The highest BCUT2D eigenvalue weighted by atomic mass is 16.4. The summed E-state index contributed by atoms with van der Waals surface area (Å²) in [5, 5.41) is 2.70. The number of aryl methyl sites for hydroxylation is 2. The lowest BCUT2D eigenvalue weighted by Crippen LogP contribution is -2.40. The Kier molecular flexibility index (Phi) is 4.49. The molecule has 1 amide bonds. The zero-order valence-corrected chi connectivity index (χ0v) is 10.0. The first-order chi connectivity index (χ1) is 7.54. The number of carbonyl (C=O) groups excluding carboxylic acids is 1. The van der Waals surface area contributed by atoms with Crippen LogP contribution in [0, 0.1) is 13.8 Å². The molecule has 0 saturated heterocycles.